The lowest BCUT2D eigenvalue weighted by atomic mass is 10.1. The predicted octanol–water partition coefficient (Wildman–Crippen LogP) is 2.47. The van der Waals surface area contributed by atoms with Crippen LogP contribution in [0.2, 0.25) is 0 Å². The van der Waals surface area contributed by atoms with Crippen LogP contribution >= 0.6 is 0 Å². The average Bonchev–Trinajstić information content (AvgIpc) is 3.01. The number of hydrogen-bond acceptors (Lipinski definition) is 2. The van der Waals surface area contributed by atoms with E-state index in [0.717, 1.165) is 25.6 Å². The zero-order valence-electron chi connectivity index (χ0n) is 10.8. The third kappa shape index (κ3) is 2.46. The van der Waals surface area contributed by atoms with Crippen molar-refractivity contribution in [2.24, 2.45) is 5.92 Å². The smallest absolute Gasteiger partial charge is 0.0568 e. The first-order valence-corrected chi connectivity index (χ1v) is 6.61. The van der Waals surface area contributed by atoms with E-state index in [1.165, 1.54) is 23.1 Å². The van der Waals surface area contributed by atoms with Crippen molar-refractivity contribution in [1.29, 1.82) is 0 Å². The van der Waals surface area contributed by atoms with Crippen molar-refractivity contribution in [3.8, 4) is 11.1 Å². The lowest BCUT2D eigenvalue weighted by molar-refractivity contribution is 0.449. The molecule has 0 saturated carbocycles. The molecule has 2 aromatic rings. The molecule has 3 rings (SSSR count). The first kappa shape index (κ1) is 11.5. The fourth-order valence-electron chi connectivity index (χ4n) is 2.57. The molecule has 0 aliphatic carbocycles. The first-order valence-electron chi connectivity index (χ1n) is 6.61. The van der Waals surface area contributed by atoms with Gasteiger partial charge in [0.15, 0.2) is 0 Å². The maximum absolute atomic E-state index is 4.47. The van der Waals surface area contributed by atoms with E-state index >= 15 is 0 Å². The van der Waals surface area contributed by atoms with Gasteiger partial charge in [0.2, 0.25) is 0 Å². The van der Waals surface area contributed by atoms with Gasteiger partial charge in [0.1, 0.15) is 0 Å². The van der Waals surface area contributed by atoms with Gasteiger partial charge in [0.25, 0.3) is 0 Å². The molecule has 3 heteroatoms. The topological polar surface area (TPSA) is 29.9 Å². The Labute approximate surface area is 108 Å². The van der Waals surface area contributed by atoms with Gasteiger partial charge < -0.3 is 5.32 Å². The second kappa shape index (κ2) is 4.94. The predicted molar refractivity (Wildman–Crippen MR) is 73.4 cm³/mol. The van der Waals surface area contributed by atoms with E-state index in [0.29, 0.717) is 0 Å². The molecule has 1 aliphatic heterocycles. The number of nitrogens with zero attached hydrogens (tertiary/aromatic N) is 2. The summed E-state index contributed by atoms with van der Waals surface area (Å²) in [4.78, 5) is 0. The zero-order chi connectivity index (χ0) is 12.4. The fraction of sp³-hybridized carbons (Fsp3) is 0.400. The number of aromatic nitrogens is 2. The van der Waals surface area contributed by atoms with Crippen LogP contribution in [0.15, 0.2) is 36.7 Å². The molecule has 3 nitrogen and oxygen atoms in total. The summed E-state index contributed by atoms with van der Waals surface area (Å²) in [5.74, 6) is 0.732. The minimum absolute atomic E-state index is 0.732. The number of benzene rings is 1. The van der Waals surface area contributed by atoms with Crippen molar-refractivity contribution in [1.82, 2.24) is 15.1 Å². The molecule has 1 aliphatic rings. The molecular formula is C15H19N3. The summed E-state index contributed by atoms with van der Waals surface area (Å²) in [5, 5.41) is 7.87. The van der Waals surface area contributed by atoms with Crippen LogP contribution in [0.25, 0.3) is 11.1 Å². The molecule has 1 aromatic heterocycles. The van der Waals surface area contributed by atoms with Crippen LogP contribution in [0.3, 0.4) is 0 Å². The molecule has 0 spiro atoms. The van der Waals surface area contributed by atoms with Gasteiger partial charge >= 0.3 is 0 Å². The third-order valence-corrected chi connectivity index (χ3v) is 3.59. The lowest BCUT2D eigenvalue weighted by Gasteiger charge is -2.07. The van der Waals surface area contributed by atoms with E-state index in [1.807, 2.05) is 6.20 Å². The highest BCUT2D eigenvalue weighted by Crippen LogP contribution is 2.20. The second-order valence-electron chi connectivity index (χ2n) is 5.18. The van der Waals surface area contributed by atoms with Crippen molar-refractivity contribution in [3.63, 3.8) is 0 Å². The molecule has 1 fully saturated rings. The summed E-state index contributed by atoms with van der Waals surface area (Å²) >= 11 is 0. The minimum Gasteiger partial charge on any atom is -0.316 e. The van der Waals surface area contributed by atoms with Crippen LogP contribution in [0.1, 0.15) is 12.0 Å². The lowest BCUT2D eigenvalue weighted by Crippen LogP contribution is -2.14. The Hall–Kier alpha value is -1.61. The number of aryl methyl sites for hydroxylation is 1. The Kier molecular flexibility index (Phi) is 3.15. The van der Waals surface area contributed by atoms with Crippen molar-refractivity contribution < 1.29 is 0 Å². The zero-order valence-corrected chi connectivity index (χ0v) is 10.8. The van der Waals surface area contributed by atoms with E-state index in [4.69, 9.17) is 0 Å². The summed E-state index contributed by atoms with van der Waals surface area (Å²) in [6.07, 6.45) is 5.39. The van der Waals surface area contributed by atoms with Gasteiger partial charge in [-0.2, -0.15) is 5.10 Å². The Balaban J connectivity index is 1.76. The Morgan fingerprint density at radius 2 is 2.33 bits per heavy atom. The van der Waals surface area contributed by atoms with Crippen molar-refractivity contribution in [2.75, 3.05) is 13.1 Å². The molecular weight excluding hydrogens is 222 g/mol. The Bertz CT molecular complexity index is 524. The van der Waals surface area contributed by atoms with E-state index in [-0.39, 0.29) is 0 Å². The molecule has 1 N–H and O–H groups in total. The van der Waals surface area contributed by atoms with Gasteiger partial charge in [-0.3, -0.25) is 4.68 Å². The van der Waals surface area contributed by atoms with E-state index in [9.17, 15) is 0 Å². The van der Waals surface area contributed by atoms with E-state index in [2.05, 4.69) is 52.5 Å². The molecule has 94 valence electrons. The molecule has 0 bridgehead atoms. The van der Waals surface area contributed by atoms with E-state index < -0.39 is 0 Å². The number of rotatable bonds is 3. The average molecular weight is 241 g/mol. The molecule has 1 unspecified atom stereocenters. The third-order valence-electron chi connectivity index (χ3n) is 3.59. The highest BCUT2D eigenvalue weighted by molar-refractivity contribution is 5.62. The van der Waals surface area contributed by atoms with Gasteiger partial charge in [-0.15, -0.1) is 0 Å². The molecule has 1 aromatic carbocycles. The summed E-state index contributed by atoms with van der Waals surface area (Å²) in [7, 11) is 0. The number of nitrogens with one attached hydrogen (secondary N) is 1. The van der Waals surface area contributed by atoms with E-state index in [1.54, 1.807) is 0 Å². The standard InChI is InChI=1S/C15H19N3/c1-12-3-2-4-14(7-12)15-9-17-18(11-15)10-13-5-6-16-8-13/h2-4,7,9,11,13,16H,5-6,8,10H2,1H3. The van der Waals surface area contributed by atoms with Crippen LogP contribution in [0, 0.1) is 12.8 Å². The molecule has 0 amide bonds. The largest absolute Gasteiger partial charge is 0.316 e. The molecule has 2 heterocycles. The quantitative estimate of drug-likeness (QED) is 0.894. The van der Waals surface area contributed by atoms with Gasteiger partial charge in [-0.25, -0.2) is 0 Å². The molecule has 1 atom stereocenters. The van der Waals surface area contributed by atoms with Crippen LogP contribution < -0.4 is 5.32 Å². The summed E-state index contributed by atoms with van der Waals surface area (Å²) in [5.41, 5.74) is 3.76. The summed E-state index contributed by atoms with van der Waals surface area (Å²) in [6.45, 7) is 5.42. The monoisotopic (exact) mass is 241 g/mol. The SMILES string of the molecule is Cc1cccc(-c2cnn(CC3CCNC3)c2)c1. The highest BCUT2D eigenvalue weighted by Gasteiger charge is 2.15. The second-order valence-corrected chi connectivity index (χ2v) is 5.18. The summed E-state index contributed by atoms with van der Waals surface area (Å²) < 4.78 is 2.08. The maximum atomic E-state index is 4.47. The van der Waals surface area contributed by atoms with Crippen LogP contribution in [-0.2, 0) is 6.54 Å². The van der Waals surface area contributed by atoms with Crippen LogP contribution in [-0.4, -0.2) is 22.9 Å². The Morgan fingerprint density at radius 3 is 3.11 bits per heavy atom. The van der Waals surface area contributed by atoms with Gasteiger partial charge in [0.05, 0.1) is 6.20 Å². The van der Waals surface area contributed by atoms with Crippen LogP contribution in [0.5, 0.6) is 0 Å². The Morgan fingerprint density at radius 1 is 1.39 bits per heavy atom. The van der Waals surface area contributed by atoms with Crippen molar-refractivity contribution in [2.45, 2.75) is 19.9 Å². The van der Waals surface area contributed by atoms with Crippen molar-refractivity contribution >= 4 is 0 Å². The normalized spacial score (nSPS) is 19.3. The van der Waals surface area contributed by atoms with Crippen molar-refractivity contribution in [3.05, 3.63) is 42.2 Å². The van der Waals surface area contributed by atoms with Crippen LogP contribution in [0.4, 0.5) is 0 Å². The van der Waals surface area contributed by atoms with Gasteiger partial charge in [-0.05, 0) is 37.9 Å². The molecule has 18 heavy (non-hydrogen) atoms. The maximum Gasteiger partial charge on any atom is 0.0568 e. The molecule has 1 saturated heterocycles. The first-order chi connectivity index (χ1) is 8.81. The summed E-state index contributed by atoms with van der Waals surface area (Å²) in [6, 6.07) is 8.57. The van der Waals surface area contributed by atoms with Gasteiger partial charge in [-0.1, -0.05) is 29.8 Å². The highest BCUT2D eigenvalue weighted by atomic mass is 15.3. The number of hydrogen-bond donors (Lipinski definition) is 1. The minimum atomic E-state index is 0.732. The fourth-order valence-corrected chi connectivity index (χ4v) is 2.57. The molecule has 0 radical (unpaired) electrons. The van der Waals surface area contributed by atoms with Gasteiger partial charge in [0, 0.05) is 18.3 Å².